The third-order valence-electron chi connectivity index (χ3n) is 13.9. The molecule has 16 nitrogen and oxygen atoms in total. The van der Waals surface area contributed by atoms with Crippen LogP contribution in [0, 0.1) is 10.8 Å². The number of hydrogen-bond donors (Lipinski definition) is 4. The van der Waals surface area contributed by atoms with E-state index in [0.29, 0.717) is 139 Å². The first-order valence-electron chi connectivity index (χ1n) is 23.7. The van der Waals surface area contributed by atoms with E-state index in [2.05, 4.69) is 20.3 Å². The first-order chi connectivity index (χ1) is 35.1. The topological polar surface area (TPSA) is 213 Å². The Balaban J connectivity index is 0.000000204. The SMILES string of the molecule is COc1cc2nc(N3CCC(Cc4ccccc4)(C(=O)NCc4cccc(C(F)(F)F)c4)CC3)nc(N)c2cc1OC.COc1cc2nc(N3CCC(Cc4ccccc4)(C(=O)O)CC3)nc(N)c2cc1OC. The quantitative estimate of drug-likeness (QED) is 0.0804. The molecule has 7 aromatic rings. The standard InChI is InChI=1S/C31H32F3N5O3.C23H26N4O4/c1-41-25-16-23-24(17-26(25)42-2)37-29(38-27(23)35)39-13-11-30(12-14-39,18-20-7-4-3-5-8-20)28(40)36-19-21-9-6-10-22(15-21)31(32,33)34;1-30-18-12-16-17(13-19(18)31-2)25-22(26-20(16)24)27-10-8-23(9-11-27,21(28)29)14-15-6-4-3-5-7-15/h3-10,15-17H,11-14,18-19H2,1-2H3,(H,36,40)(H2,35,37,38);3-7,12-13H,8-11,14H2,1-2H3,(H,28,29)(H2,24,25,26). The Hall–Kier alpha value is -8.09. The lowest BCUT2D eigenvalue weighted by molar-refractivity contribution is -0.150. The summed E-state index contributed by atoms with van der Waals surface area (Å²) in [6.45, 7) is 2.05. The van der Waals surface area contributed by atoms with E-state index >= 15 is 0 Å². The summed E-state index contributed by atoms with van der Waals surface area (Å²) in [4.78, 5) is 48.4. The van der Waals surface area contributed by atoms with Gasteiger partial charge in [-0.1, -0.05) is 72.8 Å². The number of aromatic nitrogens is 4. The monoisotopic (exact) mass is 1000 g/mol. The molecule has 382 valence electrons. The molecule has 1 amide bonds. The molecule has 0 spiro atoms. The number of nitrogens with one attached hydrogen (secondary N) is 1. The third-order valence-corrected chi connectivity index (χ3v) is 13.9. The molecule has 0 bridgehead atoms. The molecule has 0 atom stereocenters. The summed E-state index contributed by atoms with van der Waals surface area (Å²) in [6, 6.07) is 31.5. The molecule has 2 fully saturated rings. The Kier molecular flexibility index (Phi) is 15.3. The van der Waals surface area contributed by atoms with Crippen LogP contribution in [0.3, 0.4) is 0 Å². The van der Waals surface area contributed by atoms with E-state index in [1.165, 1.54) is 6.07 Å². The second-order valence-corrected chi connectivity index (χ2v) is 18.3. The number of halogens is 3. The fraction of sp³-hybridized carbons (Fsp3) is 0.333. The van der Waals surface area contributed by atoms with Crippen LogP contribution >= 0.6 is 0 Å². The van der Waals surface area contributed by atoms with Crippen LogP contribution in [-0.2, 0) is 35.2 Å². The van der Waals surface area contributed by atoms with Gasteiger partial charge >= 0.3 is 12.1 Å². The summed E-state index contributed by atoms with van der Waals surface area (Å²) in [5, 5.41) is 14.2. The van der Waals surface area contributed by atoms with Crippen molar-refractivity contribution in [3.05, 3.63) is 131 Å². The molecule has 2 saturated heterocycles. The lowest BCUT2D eigenvalue weighted by Gasteiger charge is -2.41. The normalized spacial score (nSPS) is 15.2. The summed E-state index contributed by atoms with van der Waals surface area (Å²) in [7, 11) is 6.22. The minimum atomic E-state index is -4.45. The van der Waals surface area contributed by atoms with Gasteiger partial charge in [0.1, 0.15) is 11.6 Å². The Labute approximate surface area is 420 Å². The average Bonchev–Trinajstić information content (AvgIpc) is 3.40. The van der Waals surface area contributed by atoms with Crippen LogP contribution in [0.5, 0.6) is 23.0 Å². The largest absolute Gasteiger partial charge is 0.493 e. The predicted octanol–water partition coefficient (Wildman–Crippen LogP) is 8.54. The number of piperidine rings is 2. The van der Waals surface area contributed by atoms with Crippen LogP contribution < -0.4 is 45.5 Å². The fourth-order valence-corrected chi connectivity index (χ4v) is 9.64. The average molecular weight is 1000 g/mol. The first kappa shape index (κ1) is 51.3. The van der Waals surface area contributed by atoms with Gasteiger partial charge in [0.2, 0.25) is 17.8 Å². The molecule has 9 rings (SSSR count). The minimum absolute atomic E-state index is 0.00137. The number of ether oxygens (including phenoxy) is 4. The number of carbonyl (C=O) groups is 2. The predicted molar refractivity (Wildman–Crippen MR) is 273 cm³/mol. The van der Waals surface area contributed by atoms with E-state index < -0.39 is 28.5 Å². The zero-order chi connectivity index (χ0) is 51.9. The molecule has 2 aliphatic rings. The van der Waals surface area contributed by atoms with Gasteiger partial charge in [0.05, 0.1) is 55.9 Å². The molecule has 73 heavy (non-hydrogen) atoms. The highest BCUT2D eigenvalue weighted by atomic mass is 19.4. The van der Waals surface area contributed by atoms with Gasteiger partial charge < -0.3 is 50.6 Å². The zero-order valence-electron chi connectivity index (χ0n) is 41.0. The minimum Gasteiger partial charge on any atom is -0.493 e. The molecular weight excluding hydrogens is 944 g/mol. The van der Waals surface area contributed by atoms with Crippen LogP contribution in [0.15, 0.2) is 109 Å². The Morgan fingerprint density at radius 1 is 0.589 bits per heavy atom. The molecule has 5 aromatic carbocycles. The van der Waals surface area contributed by atoms with Gasteiger partial charge in [-0.2, -0.15) is 23.1 Å². The Bertz CT molecular complexity index is 3080. The summed E-state index contributed by atoms with van der Waals surface area (Å²) >= 11 is 0. The first-order valence-corrected chi connectivity index (χ1v) is 23.7. The third kappa shape index (κ3) is 11.3. The van der Waals surface area contributed by atoms with E-state index in [1.54, 1.807) is 58.8 Å². The number of nitrogens with two attached hydrogens (primary N) is 2. The highest BCUT2D eigenvalue weighted by Crippen LogP contribution is 2.41. The molecule has 4 heterocycles. The van der Waals surface area contributed by atoms with Gasteiger partial charge in [-0.05, 0) is 79.5 Å². The van der Waals surface area contributed by atoms with Crippen LogP contribution in [0.1, 0.15) is 47.9 Å². The lowest BCUT2D eigenvalue weighted by atomic mass is 9.73. The number of carboxylic acid groups (broad SMARTS) is 1. The second kappa shape index (κ2) is 21.7. The Morgan fingerprint density at radius 2 is 1.00 bits per heavy atom. The number of nitrogens with zero attached hydrogens (tertiary/aromatic N) is 6. The summed E-state index contributed by atoms with van der Waals surface area (Å²) in [6.07, 6.45) is -1.46. The van der Waals surface area contributed by atoms with Crippen molar-refractivity contribution in [1.29, 1.82) is 0 Å². The molecule has 0 saturated carbocycles. The van der Waals surface area contributed by atoms with Crippen LogP contribution in [0.4, 0.5) is 36.7 Å². The van der Waals surface area contributed by atoms with E-state index in [4.69, 9.17) is 35.4 Å². The van der Waals surface area contributed by atoms with Gasteiger partial charge in [0.15, 0.2) is 23.0 Å². The number of aliphatic carboxylic acids is 1. The lowest BCUT2D eigenvalue weighted by Crippen LogP contribution is -2.50. The van der Waals surface area contributed by atoms with Gasteiger partial charge in [-0.3, -0.25) is 9.59 Å². The highest BCUT2D eigenvalue weighted by Gasteiger charge is 2.43. The van der Waals surface area contributed by atoms with Crippen LogP contribution in [0.2, 0.25) is 0 Å². The summed E-state index contributed by atoms with van der Waals surface area (Å²) < 4.78 is 61.1. The number of hydrogen-bond acceptors (Lipinski definition) is 14. The van der Waals surface area contributed by atoms with Crippen LogP contribution in [-0.4, -0.2) is 91.5 Å². The van der Waals surface area contributed by atoms with Crippen molar-refractivity contribution in [2.45, 2.75) is 51.2 Å². The number of nitrogen functional groups attached to an aromatic ring is 2. The number of benzene rings is 5. The highest BCUT2D eigenvalue weighted by molar-refractivity contribution is 5.93. The maximum Gasteiger partial charge on any atom is 0.416 e. The van der Waals surface area contributed by atoms with Crippen molar-refractivity contribution in [1.82, 2.24) is 25.3 Å². The van der Waals surface area contributed by atoms with Crippen molar-refractivity contribution in [2.24, 2.45) is 10.8 Å². The van der Waals surface area contributed by atoms with Crippen molar-refractivity contribution < 1.29 is 46.8 Å². The van der Waals surface area contributed by atoms with Crippen molar-refractivity contribution in [3.8, 4) is 23.0 Å². The van der Waals surface area contributed by atoms with E-state index in [-0.39, 0.29) is 12.5 Å². The Morgan fingerprint density at radius 3 is 1.42 bits per heavy atom. The molecule has 2 aliphatic heterocycles. The molecule has 0 aliphatic carbocycles. The summed E-state index contributed by atoms with van der Waals surface area (Å²) in [5.74, 6) is 2.80. The molecule has 6 N–H and O–H groups in total. The number of carboxylic acids is 1. The second-order valence-electron chi connectivity index (χ2n) is 18.3. The van der Waals surface area contributed by atoms with E-state index in [0.717, 1.165) is 23.3 Å². The number of alkyl halides is 3. The number of rotatable bonds is 14. The van der Waals surface area contributed by atoms with Gasteiger partial charge in [-0.25, -0.2) is 9.97 Å². The smallest absolute Gasteiger partial charge is 0.416 e. The number of methoxy groups -OCH3 is 4. The van der Waals surface area contributed by atoms with Crippen LogP contribution in [0.25, 0.3) is 21.8 Å². The maximum atomic E-state index is 13.8. The number of fused-ring (bicyclic) bond motifs is 2. The number of carbonyl (C=O) groups excluding carboxylic acids is 1. The molecule has 0 unspecified atom stereocenters. The van der Waals surface area contributed by atoms with Crippen molar-refractivity contribution >= 4 is 57.2 Å². The molecule has 19 heteroatoms. The van der Waals surface area contributed by atoms with Crippen molar-refractivity contribution in [2.75, 3.05) is 75.9 Å². The molecular formula is C54H58F3N9O7. The van der Waals surface area contributed by atoms with Crippen molar-refractivity contribution in [3.63, 3.8) is 0 Å². The number of amides is 1. The molecule has 0 radical (unpaired) electrons. The van der Waals surface area contributed by atoms with E-state index in [1.807, 2.05) is 70.5 Å². The van der Waals surface area contributed by atoms with Gasteiger partial charge in [0.25, 0.3) is 0 Å². The zero-order valence-corrected chi connectivity index (χ0v) is 41.0. The molecule has 2 aromatic heterocycles. The summed E-state index contributed by atoms with van der Waals surface area (Å²) in [5.41, 5.74) is 13.9. The number of anilines is 4. The van der Waals surface area contributed by atoms with Gasteiger partial charge in [-0.15, -0.1) is 0 Å². The fourth-order valence-electron chi connectivity index (χ4n) is 9.64. The van der Waals surface area contributed by atoms with Gasteiger partial charge in [0, 0.05) is 55.6 Å². The maximum absolute atomic E-state index is 13.8. The van der Waals surface area contributed by atoms with E-state index in [9.17, 15) is 27.9 Å².